The van der Waals surface area contributed by atoms with E-state index in [0.29, 0.717) is 5.69 Å². The second kappa shape index (κ2) is 5.22. The van der Waals surface area contributed by atoms with Crippen LogP contribution in [0.5, 0.6) is 0 Å². The van der Waals surface area contributed by atoms with Gasteiger partial charge in [0.1, 0.15) is 10.6 Å². The predicted octanol–water partition coefficient (Wildman–Crippen LogP) is -3.00. The number of sulfonamides is 1. The smallest absolute Gasteiger partial charge is 0.386 e. The van der Waals surface area contributed by atoms with Crippen molar-refractivity contribution in [3.8, 4) is 11.5 Å². The molecule has 0 aliphatic rings. The van der Waals surface area contributed by atoms with E-state index in [9.17, 15) is 8.42 Å². The third-order valence-corrected chi connectivity index (χ3v) is 3.58. The average Bonchev–Trinajstić information content (AvgIpc) is 2.90. The lowest BCUT2D eigenvalue weighted by molar-refractivity contribution is 0.228. The van der Waals surface area contributed by atoms with Gasteiger partial charge in [0.05, 0.1) is 0 Å². The molecule has 0 fully saturated rings. The van der Waals surface area contributed by atoms with Gasteiger partial charge in [-0.15, -0.1) is 10.2 Å². The van der Waals surface area contributed by atoms with Crippen LogP contribution >= 0.6 is 0 Å². The molecule has 0 atom stereocenters. The Balaban J connectivity index is 2.17. The summed E-state index contributed by atoms with van der Waals surface area (Å²) in [4.78, 5) is 3.63. The van der Waals surface area contributed by atoms with E-state index < -0.39 is 23.2 Å². The second-order valence-corrected chi connectivity index (χ2v) is 5.63. The van der Waals surface area contributed by atoms with Crippen molar-refractivity contribution >= 4 is 16.8 Å². The highest BCUT2D eigenvalue weighted by Gasteiger charge is 2.21. The Bertz CT molecular complexity index is 667. The van der Waals surface area contributed by atoms with Gasteiger partial charge in [0.25, 0.3) is 0 Å². The molecule has 0 bridgehead atoms. The van der Waals surface area contributed by atoms with Crippen LogP contribution in [0, 0.1) is 0 Å². The Kier molecular flexibility index (Phi) is 3.78. The lowest BCUT2D eigenvalue weighted by Crippen LogP contribution is -2.48. The zero-order valence-corrected chi connectivity index (χ0v) is 10.7. The van der Waals surface area contributed by atoms with E-state index in [-0.39, 0.29) is 10.7 Å². The van der Waals surface area contributed by atoms with Crippen LogP contribution < -0.4 is 4.72 Å². The maximum Gasteiger partial charge on any atom is 0.386 e. The average molecular weight is 301 g/mol. The fourth-order valence-corrected chi connectivity index (χ4v) is 2.30. The van der Waals surface area contributed by atoms with Crippen LogP contribution in [0.3, 0.4) is 0 Å². The summed E-state index contributed by atoms with van der Waals surface area (Å²) in [6.07, 6.45) is 0.115. The van der Waals surface area contributed by atoms with Crippen LogP contribution in [0.25, 0.3) is 11.5 Å². The number of aromatic nitrogens is 5. The lowest BCUT2D eigenvalue weighted by Gasteiger charge is -2.20. The van der Waals surface area contributed by atoms with Crippen molar-refractivity contribution in [1.82, 2.24) is 30.3 Å². The Hall–Kier alpha value is -1.93. The van der Waals surface area contributed by atoms with E-state index in [4.69, 9.17) is 15.1 Å². The van der Waals surface area contributed by atoms with Gasteiger partial charge in [-0.2, -0.15) is 5.21 Å². The number of rotatable bonds is 5. The van der Waals surface area contributed by atoms with Crippen molar-refractivity contribution in [3.63, 3.8) is 0 Å². The fourth-order valence-electron chi connectivity index (χ4n) is 1.25. The van der Waals surface area contributed by atoms with Crippen molar-refractivity contribution < 1.29 is 23.5 Å². The maximum atomic E-state index is 11.8. The van der Waals surface area contributed by atoms with Crippen molar-refractivity contribution in [2.24, 2.45) is 0 Å². The lowest BCUT2D eigenvalue weighted by atomic mass is 9.82. The molecular formula is C7H10BN6O5S-. The second-order valence-electron chi connectivity index (χ2n) is 3.86. The molecule has 20 heavy (non-hydrogen) atoms. The summed E-state index contributed by atoms with van der Waals surface area (Å²) in [5.41, 5.74) is 0.308. The van der Waals surface area contributed by atoms with Crippen molar-refractivity contribution in [1.29, 1.82) is 0 Å². The molecule has 0 amide bonds. The molecule has 108 valence electrons. The predicted molar refractivity (Wildman–Crippen MR) is 65.0 cm³/mol. The summed E-state index contributed by atoms with van der Waals surface area (Å²) in [7, 11) is -4.02. The van der Waals surface area contributed by atoms with E-state index in [1.807, 2.05) is 4.72 Å². The largest absolute Gasteiger partial charge is 0.559 e. The van der Waals surface area contributed by atoms with E-state index in [1.165, 1.54) is 12.1 Å². The Morgan fingerprint density at radius 2 is 2.05 bits per heavy atom. The molecule has 0 spiro atoms. The van der Waals surface area contributed by atoms with Gasteiger partial charge in [0, 0.05) is 6.20 Å². The zero-order chi connectivity index (χ0) is 14.8. The Morgan fingerprint density at radius 1 is 1.30 bits per heavy atom. The minimum Gasteiger partial charge on any atom is -0.559 e. The summed E-state index contributed by atoms with van der Waals surface area (Å²) < 4.78 is 25.3. The summed E-state index contributed by atoms with van der Waals surface area (Å²) in [6, 6.07) is 2.58. The zero-order valence-electron chi connectivity index (χ0n) is 9.87. The highest BCUT2D eigenvalue weighted by Crippen LogP contribution is 2.13. The molecule has 2 rings (SSSR count). The molecule has 2 heterocycles. The van der Waals surface area contributed by atoms with Crippen molar-refractivity contribution in [2.45, 2.75) is 4.90 Å². The number of aromatic amines is 1. The van der Waals surface area contributed by atoms with Gasteiger partial charge in [0.15, 0.2) is 0 Å². The van der Waals surface area contributed by atoms with E-state index in [0.717, 1.165) is 6.20 Å². The van der Waals surface area contributed by atoms with Gasteiger partial charge in [-0.1, -0.05) is 0 Å². The molecule has 11 nitrogen and oxygen atoms in total. The molecule has 0 aliphatic carbocycles. The molecular weight excluding hydrogens is 291 g/mol. The minimum atomic E-state index is -4.02. The number of hydrogen-bond donors (Lipinski definition) is 5. The molecule has 2 aromatic heterocycles. The van der Waals surface area contributed by atoms with Gasteiger partial charge in [-0.25, -0.2) is 13.1 Å². The third kappa shape index (κ3) is 3.55. The molecule has 0 aliphatic heterocycles. The van der Waals surface area contributed by atoms with E-state index >= 15 is 0 Å². The topological polar surface area (TPSA) is 174 Å². The first-order valence-electron chi connectivity index (χ1n) is 5.30. The van der Waals surface area contributed by atoms with Crippen molar-refractivity contribution in [3.05, 3.63) is 18.3 Å². The van der Waals surface area contributed by atoms with Gasteiger partial charge in [0.2, 0.25) is 15.8 Å². The molecule has 5 N–H and O–H groups in total. The SMILES string of the molecule is O=S(=O)(NC[B-](O)(O)O)c1ccc(-c2nn[nH]n2)nc1. The van der Waals surface area contributed by atoms with Crippen LogP contribution in [-0.4, -0.2) is 62.3 Å². The first-order valence-corrected chi connectivity index (χ1v) is 6.79. The van der Waals surface area contributed by atoms with E-state index in [2.05, 4.69) is 25.6 Å². The standard InChI is InChI=1S/C7H10BN6O5S/c15-8(16,17)4-10-20(18,19)5-1-2-6(9-3-5)7-11-13-14-12-7/h1-3,10,15-17H,4H2,(H,11,12,13,14)/q-1. The Labute approximate surface area is 112 Å². The number of H-pyrrole nitrogens is 1. The molecule has 2 aromatic rings. The Morgan fingerprint density at radius 3 is 2.55 bits per heavy atom. The number of nitrogens with one attached hydrogen (secondary N) is 2. The molecule has 0 saturated heterocycles. The number of nitrogens with zero attached hydrogens (tertiary/aromatic N) is 4. The van der Waals surface area contributed by atoms with Crippen LogP contribution in [0.4, 0.5) is 0 Å². The summed E-state index contributed by atoms with van der Waals surface area (Å²) in [6.45, 7) is -3.75. The van der Waals surface area contributed by atoms with Crippen LogP contribution in [0.15, 0.2) is 23.2 Å². The number of pyridine rings is 1. The maximum absolute atomic E-state index is 11.8. The van der Waals surface area contributed by atoms with Gasteiger partial charge in [-0.05, 0) is 23.8 Å². The highest BCUT2D eigenvalue weighted by molar-refractivity contribution is 7.89. The van der Waals surface area contributed by atoms with Crippen LogP contribution in [0.1, 0.15) is 0 Å². The molecule has 0 unspecified atom stereocenters. The van der Waals surface area contributed by atoms with E-state index in [1.54, 1.807) is 0 Å². The summed E-state index contributed by atoms with van der Waals surface area (Å²) >= 11 is 0. The normalized spacial score (nSPS) is 12.6. The highest BCUT2D eigenvalue weighted by atomic mass is 32.2. The third-order valence-electron chi connectivity index (χ3n) is 2.17. The van der Waals surface area contributed by atoms with Gasteiger partial charge in [-0.3, -0.25) is 4.98 Å². The van der Waals surface area contributed by atoms with Crippen LogP contribution in [0.2, 0.25) is 0 Å². The van der Waals surface area contributed by atoms with Gasteiger partial charge < -0.3 is 15.1 Å². The molecule has 13 heteroatoms. The van der Waals surface area contributed by atoms with Gasteiger partial charge >= 0.3 is 6.75 Å². The quantitative estimate of drug-likeness (QED) is 0.360. The first kappa shape index (κ1) is 14.5. The molecule has 0 radical (unpaired) electrons. The minimum absolute atomic E-state index is 0.199. The number of tetrazole rings is 1. The molecule has 0 saturated carbocycles. The monoisotopic (exact) mass is 301 g/mol. The summed E-state index contributed by atoms with van der Waals surface area (Å²) in [5.74, 6) is 0.199. The van der Waals surface area contributed by atoms with Crippen molar-refractivity contribution in [2.75, 3.05) is 6.44 Å². The summed E-state index contributed by atoms with van der Waals surface area (Å²) in [5, 5.41) is 39.0. The van der Waals surface area contributed by atoms with Crippen LogP contribution in [-0.2, 0) is 10.0 Å². The number of hydrogen-bond acceptors (Lipinski definition) is 9. The first-order chi connectivity index (χ1) is 9.28. The molecule has 0 aromatic carbocycles. The fraction of sp³-hybridized carbons (Fsp3) is 0.143.